The number of imide groups is 1. The summed E-state index contributed by atoms with van der Waals surface area (Å²) in [6, 6.07) is 13.7. The lowest BCUT2D eigenvalue weighted by Crippen LogP contribution is -2.54. The van der Waals surface area contributed by atoms with Gasteiger partial charge in [0.2, 0.25) is 15.9 Å². The lowest BCUT2D eigenvalue weighted by molar-refractivity contribution is -0.143. The van der Waals surface area contributed by atoms with Crippen molar-refractivity contribution in [3.63, 3.8) is 0 Å². The SMILES string of the molecule is Cc1ccccc1CCCCC(=O)N(C(N)=O)C(CC(=O)O)C(=O)CNS(=O)(=O)CCc1ccccc1. The van der Waals surface area contributed by atoms with E-state index >= 15 is 0 Å². The number of nitrogens with one attached hydrogen (secondary N) is 1. The Labute approximate surface area is 216 Å². The van der Waals surface area contributed by atoms with Gasteiger partial charge < -0.3 is 10.8 Å². The molecular formula is C26H33N3O7S. The van der Waals surface area contributed by atoms with Gasteiger partial charge in [-0.15, -0.1) is 0 Å². The number of carboxylic acid groups (broad SMARTS) is 1. The summed E-state index contributed by atoms with van der Waals surface area (Å²) < 4.78 is 26.8. The molecule has 0 aliphatic carbocycles. The van der Waals surface area contributed by atoms with Crippen molar-refractivity contribution >= 4 is 33.7 Å². The van der Waals surface area contributed by atoms with Crippen molar-refractivity contribution in [3.8, 4) is 0 Å². The van der Waals surface area contributed by atoms with E-state index in [0.717, 1.165) is 16.7 Å². The van der Waals surface area contributed by atoms with E-state index in [9.17, 15) is 32.7 Å². The summed E-state index contributed by atoms with van der Waals surface area (Å²) in [7, 11) is -3.89. The second kappa shape index (κ2) is 14.2. The van der Waals surface area contributed by atoms with E-state index in [2.05, 4.69) is 4.72 Å². The molecule has 0 aliphatic rings. The maximum absolute atomic E-state index is 12.8. The fourth-order valence-electron chi connectivity index (χ4n) is 3.84. The van der Waals surface area contributed by atoms with Crippen LogP contribution in [0.25, 0.3) is 0 Å². The van der Waals surface area contributed by atoms with Crippen molar-refractivity contribution in [2.45, 2.75) is 51.5 Å². The van der Waals surface area contributed by atoms with Crippen LogP contribution in [0.15, 0.2) is 54.6 Å². The van der Waals surface area contributed by atoms with E-state index in [1.54, 1.807) is 30.3 Å². The molecule has 0 saturated carbocycles. The molecule has 0 fully saturated rings. The highest BCUT2D eigenvalue weighted by molar-refractivity contribution is 7.89. The molecule has 10 nitrogen and oxygen atoms in total. The van der Waals surface area contributed by atoms with Crippen LogP contribution < -0.4 is 10.5 Å². The van der Waals surface area contributed by atoms with Crippen molar-refractivity contribution in [2.24, 2.45) is 5.73 Å². The highest BCUT2D eigenvalue weighted by atomic mass is 32.2. The molecule has 0 spiro atoms. The number of sulfonamides is 1. The van der Waals surface area contributed by atoms with Crippen molar-refractivity contribution in [2.75, 3.05) is 12.3 Å². The lowest BCUT2D eigenvalue weighted by Gasteiger charge is -2.26. The van der Waals surface area contributed by atoms with Crippen LogP contribution in [0.5, 0.6) is 0 Å². The van der Waals surface area contributed by atoms with Gasteiger partial charge in [-0.25, -0.2) is 17.9 Å². The van der Waals surface area contributed by atoms with Crippen LogP contribution in [0, 0.1) is 6.92 Å². The van der Waals surface area contributed by atoms with E-state index < -0.39 is 52.7 Å². The Kier molecular flexibility index (Phi) is 11.4. The molecule has 3 amide bonds. The molecule has 1 atom stereocenters. The van der Waals surface area contributed by atoms with Gasteiger partial charge in [-0.2, -0.15) is 0 Å². The summed E-state index contributed by atoms with van der Waals surface area (Å²) in [5, 5.41) is 9.27. The van der Waals surface area contributed by atoms with Crippen molar-refractivity contribution in [3.05, 3.63) is 71.3 Å². The molecule has 11 heteroatoms. The smallest absolute Gasteiger partial charge is 0.322 e. The summed E-state index contributed by atoms with van der Waals surface area (Å²) in [5.74, 6) is -3.47. The third-order valence-electron chi connectivity index (χ3n) is 5.87. The molecule has 0 aliphatic heterocycles. The fourth-order valence-corrected chi connectivity index (χ4v) is 4.85. The van der Waals surface area contributed by atoms with Crippen molar-refractivity contribution in [1.82, 2.24) is 9.62 Å². The molecular weight excluding hydrogens is 498 g/mol. The topological polar surface area (TPSA) is 164 Å². The normalized spacial score (nSPS) is 12.0. The van der Waals surface area contributed by atoms with Gasteiger partial charge in [0, 0.05) is 6.42 Å². The van der Waals surface area contributed by atoms with Crippen LogP contribution in [0.3, 0.4) is 0 Å². The molecule has 0 heterocycles. The third-order valence-corrected chi connectivity index (χ3v) is 7.20. The molecule has 200 valence electrons. The number of hydrogen-bond donors (Lipinski definition) is 3. The third kappa shape index (κ3) is 10.1. The molecule has 37 heavy (non-hydrogen) atoms. The van der Waals surface area contributed by atoms with Crippen LogP contribution in [-0.2, 0) is 37.2 Å². The highest BCUT2D eigenvalue weighted by Crippen LogP contribution is 2.14. The van der Waals surface area contributed by atoms with Gasteiger partial charge in [-0.1, -0.05) is 54.6 Å². The number of carbonyl (C=O) groups excluding carboxylic acids is 3. The van der Waals surface area contributed by atoms with Crippen LogP contribution in [0.1, 0.15) is 42.4 Å². The van der Waals surface area contributed by atoms with Crippen LogP contribution >= 0.6 is 0 Å². The number of Topliss-reactive ketones (excluding diaryl/α,β-unsaturated/α-hetero) is 1. The minimum Gasteiger partial charge on any atom is -0.481 e. The first-order valence-electron chi connectivity index (χ1n) is 11.9. The predicted octanol–water partition coefficient (Wildman–Crippen LogP) is 2.19. The Morgan fingerprint density at radius 3 is 2.24 bits per heavy atom. The molecule has 0 saturated heterocycles. The van der Waals surface area contributed by atoms with Crippen LogP contribution in [0.2, 0.25) is 0 Å². The van der Waals surface area contributed by atoms with Gasteiger partial charge in [0.05, 0.1) is 18.7 Å². The number of ketones is 1. The van der Waals surface area contributed by atoms with Gasteiger partial charge in [-0.05, 0) is 49.3 Å². The average Bonchev–Trinajstić information content (AvgIpc) is 2.85. The first-order valence-corrected chi connectivity index (χ1v) is 13.6. The molecule has 2 aromatic rings. The number of nitrogens with zero attached hydrogens (tertiary/aromatic N) is 1. The van der Waals surface area contributed by atoms with E-state index in [1.165, 1.54) is 0 Å². The predicted molar refractivity (Wildman–Crippen MR) is 138 cm³/mol. The van der Waals surface area contributed by atoms with Gasteiger partial charge >= 0.3 is 12.0 Å². The molecule has 4 N–H and O–H groups in total. The van der Waals surface area contributed by atoms with Gasteiger partial charge in [0.25, 0.3) is 0 Å². The minimum absolute atomic E-state index is 0.124. The minimum atomic E-state index is -3.89. The van der Waals surface area contributed by atoms with Crippen molar-refractivity contribution < 1.29 is 32.7 Å². The zero-order valence-electron chi connectivity index (χ0n) is 20.8. The number of nitrogens with two attached hydrogens (primary N) is 1. The number of rotatable bonds is 15. The molecule has 0 bridgehead atoms. The van der Waals surface area contributed by atoms with Gasteiger partial charge in [-0.3, -0.25) is 19.3 Å². The molecule has 0 radical (unpaired) electrons. The second-order valence-electron chi connectivity index (χ2n) is 8.69. The number of carboxylic acids is 1. The number of primary amides is 1. The maximum atomic E-state index is 12.8. The molecule has 0 aromatic heterocycles. The first-order chi connectivity index (χ1) is 17.5. The van der Waals surface area contributed by atoms with E-state index in [0.29, 0.717) is 24.2 Å². The largest absolute Gasteiger partial charge is 0.481 e. The number of amides is 3. The van der Waals surface area contributed by atoms with Crippen LogP contribution in [0.4, 0.5) is 4.79 Å². The summed E-state index contributed by atoms with van der Waals surface area (Å²) in [6.07, 6.45) is 0.915. The molecule has 2 rings (SSSR count). The first kappa shape index (κ1) is 29.7. The van der Waals surface area contributed by atoms with Gasteiger partial charge in [0.1, 0.15) is 6.04 Å². The summed E-state index contributed by atoms with van der Waals surface area (Å²) in [4.78, 5) is 49.5. The monoisotopic (exact) mass is 531 g/mol. The Morgan fingerprint density at radius 2 is 1.62 bits per heavy atom. The number of unbranched alkanes of at least 4 members (excludes halogenated alkanes) is 1. The number of urea groups is 1. The maximum Gasteiger partial charge on any atom is 0.322 e. The summed E-state index contributed by atoms with van der Waals surface area (Å²) in [6.45, 7) is 1.20. The average molecular weight is 532 g/mol. The quantitative estimate of drug-likeness (QED) is 0.296. The number of benzene rings is 2. The Hall–Kier alpha value is -3.57. The summed E-state index contributed by atoms with van der Waals surface area (Å²) in [5.41, 5.74) is 8.37. The number of aryl methyl sites for hydroxylation is 3. The zero-order valence-corrected chi connectivity index (χ0v) is 21.6. The zero-order chi connectivity index (χ0) is 27.4. The standard InChI is InChI=1S/C26H33N3O7S/c1-19-9-5-6-12-21(19)13-7-8-14-24(31)29(26(27)34)22(17-25(32)33)23(30)18-28-37(35,36)16-15-20-10-3-2-4-11-20/h2-6,9-12,22,28H,7-8,13-18H2,1H3,(H2,27,34)(H,32,33). The molecule has 2 aromatic carbocycles. The highest BCUT2D eigenvalue weighted by Gasteiger charge is 2.35. The van der Waals surface area contributed by atoms with Crippen LogP contribution in [-0.4, -0.2) is 60.5 Å². The van der Waals surface area contributed by atoms with Crippen molar-refractivity contribution in [1.29, 1.82) is 0 Å². The second-order valence-corrected chi connectivity index (χ2v) is 10.6. The van der Waals surface area contributed by atoms with E-state index in [1.807, 2.05) is 31.2 Å². The number of hydrogen-bond acceptors (Lipinski definition) is 6. The number of carbonyl (C=O) groups is 4. The Bertz CT molecular complexity index is 1200. The number of aliphatic carboxylic acids is 1. The van der Waals surface area contributed by atoms with E-state index in [4.69, 9.17) is 5.73 Å². The Morgan fingerprint density at radius 1 is 0.973 bits per heavy atom. The van der Waals surface area contributed by atoms with Gasteiger partial charge in [0.15, 0.2) is 5.78 Å². The summed E-state index contributed by atoms with van der Waals surface area (Å²) >= 11 is 0. The van der Waals surface area contributed by atoms with E-state index in [-0.39, 0.29) is 18.6 Å². The Balaban J connectivity index is 1.99. The fraction of sp³-hybridized carbons (Fsp3) is 0.385. The molecule has 1 unspecified atom stereocenters. The lowest BCUT2D eigenvalue weighted by atomic mass is 10.0.